The zero-order chi connectivity index (χ0) is 13.5. The minimum absolute atomic E-state index is 0.510. The fourth-order valence-corrected chi connectivity index (χ4v) is 3.31. The predicted molar refractivity (Wildman–Crippen MR) is 81.6 cm³/mol. The smallest absolute Gasteiger partial charge is 0.0238 e. The molecule has 3 N–H and O–H groups in total. The molecule has 106 valence electrons. The minimum Gasteiger partial charge on any atom is -0.271 e. The maximum atomic E-state index is 5.77. The molecule has 1 saturated carbocycles. The van der Waals surface area contributed by atoms with Gasteiger partial charge in [-0.1, -0.05) is 50.1 Å². The van der Waals surface area contributed by atoms with Crippen molar-refractivity contribution in [1.29, 1.82) is 0 Å². The Hall–Kier alpha value is -0.860. The average molecular weight is 260 g/mol. The monoisotopic (exact) mass is 260 g/mol. The number of benzene rings is 1. The highest BCUT2D eigenvalue weighted by atomic mass is 15.2. The predicted octanol–water partition coefficient (Wildman–Crippen LogP) is 3.67. The summed E-state index contributed by atoms with van der Waals surface area (Å²) >= 11 is 0. The topological polar surface area (TPSA) is 38.0 Å². The second-order valence-corrected chi connectivity index (χ2v) is 6.17. The molecule has 1 fully saturated rings. The van der Waals surface area contributed by atoms with Crippen LogP contribution in [0, 0.1) is 11.8 Å². The SMILES string of the molecule is CC1CCC(C(CCCc2ccccc2)NN)CC1. The highest BCUT2D eigenvalue weighted by molar-refractivity contribution is 5.14. The van der Waals surface area contributed by atoms with Gasteiger partial charge < -0.3 is 0 Å². The summed E-state index contributed by atoms with van der Waals surface area (Å²) in [5.41, 5.74) is 4.51. The highest BCUT2D eigenvalue weighted by Gasteiger charge is 2.24. The van der Waals surface area contributed by atoms with Crippen molar-refractivity contribution >= 4 is 0 Å². The lowest BCUT2D eigenvalue weighted by atomic mass is 9.78. The molecule has 0 radical (unpaired) electrons. The normalized spacial score (nSPS) is 25.2. The van der Waals surface area contributed by atoms with Crippen LogP contribution in [0.2, 0.25) is 0 Å². The lowest BCUT2D eigenvalue weighted by Crippen LogP contribution is -2.42. The summed E-state index contributed by atoms with van der Waals surface area (Å²) in [6.07, 6.45) is 9.04. The van der Waals surface area contributed by atoms with E-state index in [0.717, 1.165) is 11.8 Å². The molecule has 1 aliphatic carbocycles. The van der Waals surface area contributed by atoms with Crippen molar-refractivity contribution in [2.45, 2.75) is 57.9 Å². The van der Waals surface area contributed by atoms with Gasteiger partial charge in [0.05, 0.1) is 0 Å². The average Bonchev–Trinajstić information content (AvgIpc) is 2.46. The molecule has 0 aliphatic heterocycles. The lowest BCUT2D eigenvalue weighted by Gasteiger charge is -2.32. The number of hydrazine groups is 1. The van der Waals surface area contributed by atoms with Crippen LogP contribution in [0.1, 0.15) is 51.0 Å². The molecule has 2 nitrogen and oxygen atoms in total. The van der Waals surface area contributed by atoms with Crippen molar-refractivity contribution in [3.63, 3.8) is 0 Å². The van der Waals surface area contributed by atoms with Gasteiger partial charge in [-0.15, -0.1) is 0 Å². The molecule has 1 unspecified atom stereocenters. The third-order valence-electron chi connectivity index (χ3n) is 4.67. The van der Waals surface area contributed by atoms with E-state index in [0.29, 0.717) is 6.04 Å². The van der Waals surface area contributed by atoms with Gasteiger partial charge in [0.2, 0.25) is 0 Å². The Morgan fingerprint density at radius 1 is 1.16 bits per heavy atom. The Labute approximate surface area is 117 Å². The number of nitrogens with two attached hydrogens (primary N) is 1. The van der Waals surface area contributed by atoms with Crippen LogP contribution in [0.4, 0.5) is 0 Å². The third kappa shape index (κ3) is 4.63. The molecule has 0 aromatic heterocycles. The van der Waals surface area contributed by atoms with Crippen LogP contribution in [-0.4, -0.2) is 6.04 Å². The molecule has 1 atom stereocenters. The van der Waals surface area contributed by atoms with E-state index >= 15 is 0 Å². The first kappa shape index (κ1) is 14.5. The van der Waals surface area contributed by atoms with E-state index in [1.165, 1.54) is 50.5 Å². The molecule has 0 heterocycles. The fraction of sp³-hybridized carbons (Fsp3) is 0.647. The Balaban J connectivity index is 1.73. The first-order valence-corrected chi connectivity index (χ1v) is 7.79. The highest BCUT2D eigenvalue weighted by Crippen LogP contribution is 2.31. The maximum absolute atomic E-state index is 5.77. The van der Waals surface area contributed by atoms with Crippen molar-refractivity contribution in [3.8, 4) is 0 Å². The molecule has 1 aliphatic rings. The summed E-state index contributed by atoms with van der Waals surface area (Å²) < 4.78 is 0. The van der Waals surface area contributed by atoms with E-state index in [4.69, 9.17) is 5.84 Å². The van der Waals surface area contributed by atoms with E-state index in [2.05, 4.69) is 42.7 Å². The Morgan fingerprint density at radius 2 is 1.84 bits per heavy atom. The summed E-state index contributed by atoms with van der Waals surface area (Å²) in [5, 5.41) is 0. The van der Waals surface area contributed by atoms with Crippen molar-refractivity contribution in [3.05, 3.63) is 35.9 Å². The molecule has 0 bridgehead atoms. The summed E-state index contributed by atoms with van der Waals surface area (Å²) in [6.45, 7) is 2.37. The molecule has 1 aromatic rings. The summed E-state index contributed by atoms with van der Waals surface area (Å²) in [6, 6.07) is 11.3. The van der Waals surface area contributed by atoms with Crippen molar-refractivity contribution in [2.75, 3.05) is 0 Å². The van der Waals surface area contributed by atoms with Crippen LogP contribution in [0.15, 0.2) is 30.3 Å². The molecule has 2 rings (SSSR count). The first-order valence-electron chi connectivity index (χ1n) is 7.79. The van der Waals surface area contributed by atoms with Gasteiger partial charge in [-0.05, 0) is 49.5 Å². The standard InChI is InChI=1S/C17H28N2/c1-14-10-12-16(13-11-14)17(19-18)9-5-8-15-6-3-2-4-7-15/h2-4,6-7,14,16-17,19H,5,8-13,18H2,1H3. The Morgan fingerprint density at radius 3 is 2.47 bits per heavy atom. The lowest BCUT2D eigenvalue weighted by molar-refractivity contribution is 0.221. The Bertz CT molecular complexity index is 342. The van der Waals surface area contributed by atoms with Crippen LogP contribution in [-0.2, 0) is 6.42 Å². The quantitative estimate of drug-likeness (QED) is 0.605. The second-order valence-electron chi connectivity index (χ2n) is 6.17. The number of aryl methyl sites for hydroxylation is 1. The van der Waals surface area contributed by atoms with E-state index in [-0.39, 0.29) is 0 Å². The van der Waals surface area contributed by atoms with E-state index in [1.54, 1.807) is 0 Å². The first-order chi connectivity index (χ1) is 9.29. The minimum atomic E-state index is 0.510. The van der Waals surface area contributed by atoms with Gasteiger partial charge in [0.1, 0.15) is 0 Å². The van der Waals surface area contributed by atoms with Gasteiger partial charge in [0.25, 0.3) is 0 Å². The van der Waals surface area contributed by atoms with E-state index in [1.807, 2.05) is 0 Å². The molecule has 0 amide bonds. The number of nitrogens with one attached hydrogen (secondary N) is 1. The van der Waals surface area contributed by atoms with E-state index in [9.17, 15) is 0 Å². The Kier molecular flexibility index (Phi) is 5.87. The van der Waals surface area contributed by atoms with Gasteiger partial charge in [0.15, 0.2) is 0 Å². The second kappa shape index (κ2) is 7.66. The fourth-order valence-electron chi connectivity index (χ4n) is 3.31. The molecule has 0 spiro atoms. The number of rotatable bonds is 6. The van der Waals surface area contributed by atoms with Crippen molar-refractivity contribution < 1.29 is 0 Å². The van der Waals surface area contributed by atoms with Gasteiger partial charge in [0, 0.05) is 6.04 Å². The van der Waals surface area contributed by atoms with E-state index < -0.39 is 0 Å². The number of hydrogen-bond donors (Lipinski definition) is 2. The van der Waals surface area contributed by atoms with Gasteiger partial charge in [-0.2, -0.15) is 0 Å². The molecule has 0 saturated heterocycles. The zero-order valence-corrected chi connectivity index (χ0v) is 12.1. The summed E-state index contributed by atoms with van der Waals surface area (Å²) in [5.74, 6) is 7.47. The van der Waals surface area contributed by atoms with Gasteiger partial charge in [-0.3, -0.25) is 11.3 Å². The zero-order valence-electron chi connectivity index (χ0n) is 12.1. The molecule has 1 aromatic carbocycles. The van der Waals surface area contributed by atoms with Crippen molar-refractivity contribution in [2.24, 2.45) is 17.7 Å². The third-order valence-corrected chi connectivity index (χ3v) is 4.67. The van der Waals surface area contributed by atoms with Crippen LogP contribution in [0.25, 0.3) is 0 Å². The van der Waals surface area contributed by atoms with Crippen molar-refractivity contribution in [1.82, 2.24) is 5.43 Å². The maximum Gasteiger partial charge on any atom is 0.0238 e. The van der Waals surface area contributed by atoms with Gasteiger partial charge in [-0.25, -0.2) is 0 Å². The van der Waals surface area contributed by atoms with Crippen LogP contribution < -0.4 is 11.3 Å². The molecule has 2 heteroatoms. The van der Waals surface area contributed by atoms with Crippen LogP contribution >= 0.6 is 0 Å². The molecular formula is C17H28N2. The number of hydrogen-bond acceptors (Lipinski definition) is 2. The largest absolute Gasteiger partial charge is 0.271 e. The van der Waals surface area contributed by atoms with Crippen LogP contribution in [0.3, 0.4) is 0 Å². The van der Waals surface area contributed by atoms with Gasteiger partial charge >= 0.3 is 0 Å². The molecular weight excluding hydrogens is 232 g/mol. The molecule has 19 heavy (non-hydrogen) atoms. The summed E-state index contributed by atoms with van der Waals surface area (Å²) in [7, 11) is 0. The summed E-state index contributed by atoms with van der Waals surface area (Å²) in [4.78, 5) is 0. The van der Waals surface area contributed by atoms with Crippen LogP contribution in [0.5, 0.6) is 0 Å².